The summed E-state index contributed by atoms with van der Waals surface area (Å²) in [4.78, 5) is 7.03. The van der Waals surface area contributed by atoms with Crippen LogP contribution in [0.2, 0.25) is 0 Å². The molecule has 0 unspecified atom stereocenters. The van der Waals surface area contributed by atoms with Crippen molar-refractivity contribution in [3.05, 3.63) is 65.2 Å². The fourth-order valence-electron chi connectivity index (χ4n) is 2.73. The van der Waals surface area contributed by atoms with Crippen LogP contribution in [-0.2, 0) is 19.6 Å². The molecule has 0 aromatic heterocycles. The Balaban J connectivity index is 1.99. The lowest BCUT2D eigenvalue weighted by molar-refractivity contribution is 0.345. The Morgan fingerprint density at radius 3 is 2.48 bits per heavy atom. The molecular formula is C22H32N4O. The predicted octanol–water partition coefficient (Wildman–Crippen LogP) is 3.40. The van der Waals surface area contributed by atoms with Gasteiger partial charge in [0.2, 0.25) is 0 Å². The van der Waals surface area contributed by atoms with Crippen LogP contribution in [0.15, 0.2) is 53.5 Å². The molecule has 0 spiro atoms. The monoisotopic (exact) mass is 368 g/mol. The molecule has 0 fully saturated rings. The van der Waals surface area contributed by atoms with Gasteiger partial charge in [-0.15, -0.1) is 0 Å². The molecule has 0 radical (unpaired) electrons. The highest BCUT2D eigenvalue weighted by atomic mass is 16.5. The zero-order valence-corrected chi connectivity index (χ0v) is 17.0. The van der Waals surface area contributed by atoms with Crippen LogP contribution in [-0.4, -0.2) is 38.1 Å². The Labute approximate surface area is 163 Å². The SMILES string of the molecule is CCNC(=NCc1cccc(CN(C)CC)c1)NCc1cccc(OC)c1. The van der Waals surface area contributed by atoms with Gasteiger partial charge in [-0.2, -0.15) is 0 Å². The van der Waals surface area contributed by atoms with Gasteiger partial charge in [0.05, 0.1) is 13.7 Å². The summed E-state index contributed by atoms with van der Waals surface area (Å²) < 4.78 is 5.28. The first-order chi connectivity index (χ1) is 13.1. The quantitative estimate of drug-likeness (QED) is 0.526. The average molecular weight is 369 g/mol. The summed E-state index contributed by atoms with van der Waals surface area (Å²) in [5.74, 6) is 1.68. The number of methoxy groups -OCH3 is 1. The minimum atomic E-state index is 0.650. The second-order valence-corrected chi connectivity index (χ2v) is 6.55. The molecule has 0 saturated heterocycles. The zero-order chi connectivity index (χ0) is 19.5. The largest absolute Gasteiger partial charge is 0.497 e. The first-order valence-electron chi connectivity index (χ1n) is 9.56. The van der Waals surface area contributed by atoms with E-state index in [1.54, 1.807) is 7.11 Å². The molecule has 2 aromatic rings. The molecule has 0 saturated carbocycles. The molecule has 2 rings (SSSR count). The van der Waals surface area contributed by atoms with Crippen LogP contribution in [0.1, 0.15) is 30.5 Å². The fraction of sp³-hybridized carbons (Fsp3) is 0.409. The Hall–Kier alpha value is -2.53. The van der Waals surface area contributed by atoms with Gasteiger partial charge < -0.3 is 20.3 Å². The second-order valence-electron chi connectivity index (χ2n) is 6.55. The molecule has 0 bridgehead atoms. The number of benzene rings is 2. The summed E-state index contributed by atoms with van der Waals surface area (Å²) in [6.07, 6.45) is 0. The Morgan fingerprint density at radius 1 is 1.00 bits per heavy atom. The summed E-state index contributed by atoms with van der Waals surface area (Å²) in [5, 5.41) is 6.70. The average Bonchev–Trinajstić information content (AvgIpc) is 2.70. The van der Waals surface area contributed by atoms with Crippen molar-refractivity contribution >= 4 is 5.96 Å². The molecule has 146 valence electrons. The standard InChI is InChI=1S/C22H32N4O/c1-5-23-22(25-16-19-10-8-12-21(14-19)27-4)24-15-18-9-7-11-20(13-18)17-26(3)6-2/h7-14H,5-6,15-17H2,1-4H3,(H2,23,24,25). The first-order valence-corrected chi connectivity index (χ1v) is 9.56. The molecule has 5 nitrogen and oxygen atoms in total. The van der Waals surface area contributed by atoms with Gasteiger partial charge in [0.15, 0.2) is 5.96 Å². The Morgan fingerprint density at radius 2 is 1.74 bits per heavy atom. The van der Waals surface area contributed by atoms with Crippen molar-refractivity contribution < 1.29 is 4.74 Å². The summed E-state index contributed by atoms with van der Waals surface area (Å²) in [5.41, 5.74) is 3.70. The lowest BCUT2D eigenvalue weighted by atomic mass is 10.1. The number of rotatable bonds is 9. The van der Waals surface area contributed by atoms with E-state index in [0.29, 0.717) is 13.1 Å². The van der Waals surface area contributed by atoms with E-state index >= 15 is 0 Å². The number of guanidine groups is 1. The van der Waals surface area contributed by atoms with E-state index in [0.717, 1.165) is 36.9 Å². The summed E-state index contributed by atoms with van der Waals surface area (Å²) in [6.45, 7) is 8.42. The number of nitrogens with zero attached hydrogens (tertiary/aromatic N) is 2. The lowest BCUT2D eigenvalue weighted by Crippen LogP contribution is -2.36. The van der Waals surface area contributed by atoms with Crippen molar-refractivity contribution in [1.82, 2.24) is 15.5 Å². The van der Waals surface area contributed by atoms with Crippen molar-refractivity contribution in [1.29, 1.82) is 0 Å². The van der Waals surface area contributed by atoms with Crippen LogP contribution in [0.5, 0.6) is 5.75 Å². The molecule has 5 heteroatoms. The molecule has 0 atom stereocenters. The van der Waals surface area contributed by atoms with Gasteiger partial charge in [-0.05, 0) is 49.3 Å². The van der Waals surface area contributed by atoms with Crippen LogP contribution in [0.3, 0.4) is 0 Å². The highest BCUT2D eigenvalue weighted by Gasteiger charge is 2.02. The minimum Gasteiger partial charge on any atom is -0.497 e. The molecule has 0 aliphatic carbocycles. The molecule has 0 amide bonds. The van der Waals surface area contributed by atoms with Crippen LogP contribution in [0.4, 0.5) is 0 Å². The van der Waals surface area contributed by atoms with E-state index < -0.39 is 0 Å². The summed E-state index contributed by atoms with van der Waals surface area (Å²) in [6, 6.07) is 16.7. The number of aliphatic imine (C=N–C) groups is 1. The number of ether oxygens (including phenoxy) is 1. The van der Waals surface area contributed by atoms with Crippen LogP contribution in [0, 0.1) is 0 Å². The van der Waals surface area contributed by atoms with Crippen molar-refractivity contribution in [3.8, 4) is 5.75 Å². The van der Waals surface area contributed by atoms with Crippen molar-refractivity contribution in [2.24, 2.45) is 4.99 Å². The number of hydrogen-bond donors (Lipinski definition) is 2. The molecule has 0 aliphatic heterocycles. The maximum atomic E-state index is 5.28. The van der Waals surface area contributed by atoms with Crippen LogP contribution < -0.4 is 15.4 Å². The van der Waals surface area contributed by atoms with Gasteiger partial charge in [0.1, 0.15) is 5.75 Å². The van der Waals surface area contributed by atoms with Crippen molar-refractivity contribution in [2.75, 3.05) is 27.2 Å². The van der Waals surface area contributed by atoms with E-state index in [-0.39, 0.29) is 0 Å². The van der Waals surface area contributed by atoms with Gasteiger partial charge in [-0.3, -0.25) is 0 Å². The highest BCUT2D eigenvalue weighted by molar-refractivity contribution is 5.79. The van der Waals surface area contributed by atoms with E-state index in [1.165, 1.54) is 11.1 Å². The van der Waals surface area contributed by atoms with Gasteiger partial charge in [0, 0.05) is 19.6 Å². The van der Waals surface area contributed by atoms with E-state index in [1.807, 2.05) is 18.2 Å². The predicted molar refractivity (Wildman–Crippen MR) is 113 cm³/mol. The van der Waals surface area contributed by atoms with Gasteiger partial charge in [-0.25, -0.2) is 4.99 Å². The van der Waals surface area contributed by atoms with E-state index in [9.17, 15) is 0 Å². The fourth-order valence-corrected chi connectivity index (χ4v) is 2.73. The Kier molecular flexibility index (Phi) is 8.65. The van der Waals surface area contributed by atoms with Crippen molar-refractivity contribution in [3.63, 3.8) is 0 Å². The molecular weight excluding hydrogens is 336 g/mol. The third kappa shape index (κ3) is 7.31. The van der Waals surface area contributed by atoms with E-state index in [4.69, 9.17) is 9.73 Å². The maximum absolute atomic E-state index is 5.28. The first kappa shape index (κ1) is 20.8. The van der Waals surface area contributed by atoms with Crippen LogP contribution in [0.25, 0.3) is 0 Å². The molecule has 0 aliphatic rings. The molecule has 2 aromatic carbocycles. The van der Waals surface area contributed by atoms with Gasteiger partial charge >= 0.3 is 0 Å². The Bertz CT molecular complexity index is 730. The molecule has 0 heterocycles. The smallest absolute Gasteiger partial charge is 0.191 e. The topological polar surface area (TPSA) is 48.9 Å². The third-order valence-electron chi connectivity index (χ3n) is 4.34. The minimum absolute atomic E-state index is 0.650. The molecule has 27 heavy (non-hydrogen) atoms. The molecule has 2 N–H and O–H groups in total. The normalized spacial score (nSPS) is 11.5. The summed E-state index contributed by atoms with van der Waals surface area (Å²) >= 11 is 0. The zero-order valence-electron chi connectivity index (χ0n) is 17.0. The summed E-state index contributed by atoms with van der Waals surface area (Å²) in [7, 11) is 3.82. The van der Waals surface area contributed by atoms with Crippen molar-refractivity contribution in [2.45, 2.75) is 33.5 Å². The highest BCUT2D eigenvalue weighted by Crippen LogP contribution is 2.12. The van der Waals surface area contributed by atoms with Gasteiger partial charge in [0.25, 0.3) is 0 Å². The second kappa shape index (κ2) is 11.2. The lowest BCUT2D eigenvalue weighted by Gasteiger charge is -2.14. The van der Waals surface area contributed by atoms with Gasteiger partial charge in [-0.1, -0.05) is 43.3 Å². The number of hydrogen-bond acceptors (Lipinski definition) is 3. The van der Waals surface area contributed by atoms with E-state index in [2.05, 4.69) is 66.8 Å². The number of nitrogens with one attached hydrogen (secondary N) is 2. The van der Waals surface area contributed by atoms with Crippen LogP contribution >= 0.6 is 0 Å². The maximum Gasteiger partial charge on any atom is 0.191 e. The third-order valence-corrected chi connectivity index (χ3v) is 4.34.